The molecule has 0 aliphatic heterocycles. The average Bonchev–Trinajstić information content (AvgIpc) is 2.92. The smallest absolute Gasteiger partial charge is 0.408 e. The maximum atomic E-state index is 14.5. The summed E-state index contributed by atoms with van der Waals surface area (Å²) >= 11 is 6.49. The van der Waals surface area contributed by atoms with Gasteiger partial charge in [0.05, 0.1) is 10.7 Å². The minimum Gasteiger partial charge on any atom is -0.444 e. The number of alkyl carbamates (subject to hydrolysis) is 1. The van der Waals surface area contributed by atoms with Crippen molar-refractivity contribution < 1.29 is 23.9 Å². The van der Waals surface area contributed by atoms with Crippen LogP contribution in [0.15, 0.2) is 36.4 Å². The molecule has 0 fully saturated rings. The Morgan fingerprint density at radius 3 is 2.16 bits per heavy atom. The van der Waals surface area contributed by atoms with Gasteiger partial charge in [0.2, 0.25) is 11.8 Å². The first kappa shape index (κ1) is 37.6. The van der Waals surface area contributed by atoms with Crippen LogP contribution in [0.2, 0.25) is 5.02 Å². The molecule has 0 aliphatic rings. The summed E-state index contributed by atoms with van der Waals surface area (Å²) < 4.78 is 5.44. The van der Waals surface area contributed by atoms with Gasteiger partial charge >= 0.3 is 6.09 Å². The second kappa shape index (κ2) is 17.8. The molecule has 0 spiro atoms. The Morgan fingerprint density at radius 2 is 1.58 bits per heavy atom. The molecule has 9 nitrogen and oxygen atoms in total. The van der Waals surface area contributed by atoms with E-state index in [0.717, 1.165) is 48.8 Å². The molecule has 0 radical (unpaired) electrons. The minimum absolute atomic E-state index is 0.0504. The Kier molecular flexibility index (Phi) is 14.9. The lowest BCUT2D eigenvalue weighted by Gasteiger charge is -2.35. The van der Waals surface area contributed by atoms with E-state index in [9.17, 15) is 19.2 Å². The largest absolute Gasteiger partial charge is 0.444 e. The summed E-state index contributed by atoms with van der Waals surface area (Å²) in [4.78, 5) is 55.0. The van der Waals surface area contributed by atoms with Crippen LogP contribution in [0.5, 0.6) is 0 Å². The number of ether oxygens (including phenoxy) is 1. The van der Waals surface area contributed by atoms with E-state index >= 15 is 0 Å². The lowest BCUT2D eigenvalue weighted by Crippen LogP contribution is -2.53. The number of hydrogen-bond donors (Lipinski definition) is 3. The fourth-order valence-electron chi connectivity index (χ4n) is 5.25. The number of para-hydroxylation sites is 1. The van der Waals surface area contributed by atoms with Crippen molar-refractivity contribution in [3.8, 4) is 0 Å². The summed E-state index contributed by atoms with van der Waals surface area (Å²) in [7, 11) is 0. The second-order valence-electron chi connectivity index (χ2n) is 12.7. The number of amides is 4. The highest BCUT2D eigenvalue weighted by Crippen LogP contribution is 2.31. The first-order chi connectivity index (χ1) is 21.1. The first-order valence-electron chi connectivity index (χ1n) is 15.9. The fourth-order valence-corrected chi connectivity index (χ4v) is 5.51. The molecule has 4 amide bonds. The van der Waals surface area contributed by atoms with Crippen molar-refractivity contribution >= 4 is 41.1 Å². The molecule has 45 heavy (non-hydrogen) atoms. The topological polar surface area (TPSA) is 131 Å². The number of primary amides is 1. The highest BCUT2D eigenvalue weighted by atomic mass is 35.5. The molecular weight excluding hydrogens is 592 g/mol. The van der Waals surface area contributed by atoms with Gasteiger partial charge in [-0.3, -0.25) is 14.4 Å². The van der Waals surface area contributed by atoms with E-state index in [1.165, 1.54) is 4.90 Å². The predicted molar refractivity (Wildman–Crippen MR) is 180 cm³/mol. The molecular formula is C35H51ClN4O5. The molecule has 10 heteroatoms. The van der Waals surface area contributed by atoms with Gasteiger partial charge < -0.3 is 26.0 Å². The van der Waals surface area contributed by atoms with Crippen molar-refractivity contribution in [2.45, 2.75) is 118 Å². The van der Waals surface area contributed by atoms with Gasteiger partial charge in [0.1, 0.15) is 17.7 Å². The van der Waals surface area contributed by atoms with Crippen molar-refractivity contribution in [3.05, 3.63) is 63.7 Å². The quantitative estimate of drug-likeness (QED) is 0.165. The van der Waals surface area contributed by atoms with Gasteiger partial charge in [-0.05, 0) is 71.6 Å². The van der Waals surface area contributed by atoms with Crippen LogP contribution in [0, 0.1) is 20.8 Å². The number of carbonyl (C=O) groups is 4. The lowest BCUT2D eigenvalue weighted by molar-refractivity contribution is -0.141. The molecule has 2 unspecified atom stereocenters. The first-order valence-corrected chi connectivity index (χ1v) is 16.2. The minimum atomic E-state index is -1.16. The van der Waals surface area contributed by atoms with Crippen LogP contribution in [-0.2, 0) is 19.1 Å². The Labute approximate surface area is 273 Å². The summed E-state index contributed by atoms with van der Waals surface area (Å²) in [5, 5.41) is 6.01. The molecule has 0 saturated heterocycles. The summed E-state index contributed by atoms with van der Waals surface area (Å²) in [5.74, 6) is -1.56. The molecule has 4 N–H and O–H groups in total. The number of carbonyl (C=O) groups excluding carboxylic acids is 4. The monoisotopic (exact) mass is 642 g/mol. The lowest BCUT2D eigenvalue weighted by atomic mass is 9.97. The summed E-state index contributed by atoms with van der Waals surface area (Å²) in [6.45, 7) is 13.3. The number of hydrogen-bond acceptors (Lipinski definition) is 5. The van der Waals surface area contributed by atoms with Crippen LogP contribution in [0.4, 0.5) is 10.5 Å². The number of nitrogens with zero attached hydrogens (tertiary/aromatic N) is 1. The molecule has 0 aromatic heterocycles. The zero-order chi connectivity index (χ0) is 33.7. The third-order valence-corrected chi connectivity index (χ3v) is 7.61. The van der Waals surface area contributed by atoms with Crippen LogP contribution < -0.4 is 16.4 Å². The van der Waals surface area contributed by atoms with Crippen molar-refractivity contribution in [3.63, 3.8) is 0 Å². The number of nitrogens with one attached hydrogen (secondary N) is 2. The average molecular weight is 643 g/mol. The number of anilines is 1. The summed E-state index contributed by atoms with van der Waals surface area (Å²) in [5.41, 5.74) is 8.36. The van der Waals surface area contributed by atoms with E-state index in [1.54, 1.807) is 32.9 Å². The van der Waals surface area contributed by atoms with Gasteiger partial charge in [-0.15, -0.1) is 0 Å². The van der Waals surface area contributed by atoms with Gasteiger partial charge in [0.15, 0.2) is 0 Å². The highest BCUT2D eigenvalue weighted by Gasteiger charge is 2.36. The fraction of sp³-hybridized carbons (Fsp3) is 0.543. The third kappa shape index (κ3) is 12.7. The molecule has 0 saturated carbocycles. The maximum absolute atomic E-state index is 14.5. The number of benzene rings is 2. The standard InChI is InChI=1S/C35H51ClN4O5/c1-8-9-10-11-12-13-19-40(33(43)28(17-18-29(37)41)38-34(44)45-35(5,6)7)31(26-21-23(2)20-24(3)22-26)32(42)39-30-25(4)15-14-16-27(30)36/h14-16,20-22,28,31H,8-13,17-19H2,1-7H3,(H2,37,41)(H,38,44)(H,39,42). The van der Waals surface area contributed by atoms with Crippen LogP contribution in [-0.4, -0.2) is 46.9 Å². The Bertz CT molecular complexity index is 1280. The zero-order valence-electron chi connectivity index (χ0n) is 27.9. The summed E-state index contributed by atoms with van der Waals surface area (Å²) in [6, 6.07) is 8.90. The van der Waals surface area contributed by atoms with Crippen LogP contribution in [0.1, 0.15) is 107 Å². The Morgan fingerprint density at radius 1 is 0.956 bits per heavy atom. The van der Waals surface area contributed by atoms with E-state index in [-0.39, 0.29) is 19.4 Å². The summed E-state index contributed by atoms with van der Waals surface area (Å²) in [6.07, 6.45) is 4.83. The number of unbranched alkanes of at least 4 members (excludes halogenated alkanes) is 5. The SMILES string of the molecule is CCCCCCCCN(C(=O)C(CCC(N)=O)NC(=O)OC(C)(C)C)C(C(=O)Nc1c(C)cccc1Cl)c1cc(C)cc(C)c1. The molecule has 2 atom stereocenters. The van der Waals surface area contributed by atoms with Crippen LogP contribution in [0.3, 0.4) is 0 Å². The van der Waals surface area contributed by atoms with Gasteiger partial charge in [-0.1, -0.05) is 92.1 Å². The predicted octanol–water partition coefficient (Wildman–Crippen LogP) is 7.29. The number of nitrogens with two attached hydrogens (primary N) is 1. The molecule has 0 bridgehead atoms. The zero-order valence-corrected chi connectivity index (χ0v) is 28.7. The second-order valence-corrected chi connectivity index (χ2v) is 13.2. The van der Waals surface area contributed by atoms with Crippen LogP contribution >= 0.6 is 11.6 Å². The number of aryl methyl sites for hydroxylation is 3. The molecule has 0 aliphatic carbocycles. The van der Waals surface area contributed by atoms with Crippen molar-refractivity contribution in [1.82, 2.24) is 10.2 Å². The van der Waals surface area contributed by atoms with E-state index in [4.69, 9.17) is 22.1 Å². The van der Waals surface area contributed by atoms with Crippen molar-refractivity contribution in [1.29, 1.82) is 0 Å². The Hall–Kier alpha value is -3.59. The van der Waals surface area contributed by atoms with Gasteiger partial charge in [0, 0.05) is 13.0 Å². The maximum Gasteiger partial charge on any atom is 0.408 e. The van der Waals surface area contributed by atoms with Gasteiger partial charge in [0.25, 0.3) is 5.91 Å². The third-order valence-electron chi connectivity index (χ3n) is 7.29. The van der Waals surface area contributed by atoms with E-state index < -0.39 is 41.5 Å². The Balaban J connectivity index is 2.62. The molecule has 2 aromatic carbocycles. The van der Waals surface area contributed by atoms with Gasteiger partial charge in [-0.25, -0.2) is 4.79 Å². The molecule has 2 rings (SSSR count). The van der Waals surface area contributed by atoms with E-state index in [2.05, 4.69) is 17.6 Å². The highest BCUT2D eigenvalue weighted by molar-refractivity contribution is 6.34. The molecule has 2 aromatic rings. The van der Waals surface area contributed by atoms with Crippen LogP contribution in [0.25, 0.3) is 0 Å². The van der Waals surface area contributed by atoms with E-state index in [0.29, 0.717) is 22.7 Å². The normalized spacial score (nSPS) is 12.6. The van der Waals surface area contributed by atoms with Crippen molar-refractivity contribution in [2.24, 2.45) is 5.73 Å². The number of halogens is 1. The van der Waals surface area contributed by atoms with E-state index in [1.807, 2.05) is 45.0 Å². The van der Waals surface area contributed by atoms with Crippen molar-refractivity contribution in [2.75, 3.05) is 11.9 Å². The molecule has 0 heterocycles. The van der Waals surface area contributed by atoms with Gasteiger partial charge in [-0.2, -0.15) is 0 Å². The number of rotatable bonds is 16. The molecule has 248 valence electrons.